The highest BCUT2D eigenvalue weighted by Crippen LogP contribution is 2.13. The van der Waals surface area contributed by atoms with E-state index in [4.69, 9.17) is 5.11 Å². The number of allylic oxidation sites excluding steroid dienone is 1. The Morgan fingerprint density at radius 3 is 2.62 bits per heavy atom. The zero-order chi connectivity index (χ0) is 12.2. The molecule has 3 N–H and O–H groups in total. The SMILES string of the molecule is C=CCCCCCC(C)C(O)NCCCO. The van der Waals surface area contributed by atoms with Crippen LogP contribution in [0.15, 0.2) is 12.7 Å². The molecule has 3 nitrogen and oxygen atoms in total. The zero-order valence-corrected chi connectivity index (χ0v) is 10.5. The van der Waals surface area contributed by atoms with Crippen LogP contribution in [-0.4, -0.2) is 29.6 Å². The number of aliphatic hydroxyl groups is 2. The van der Waals surface area contributed by atoms with Crippen LogP contribution in [0.5, 0.6) is 0 Å². The molecule has 0 aromatic carbocycles. The van der Waals surface area contributed by atoms with Gasteiger partial charge in [-0.3, -0.25) is 5.32 Å². The first-order valence-electron chi connectivity index (χ1n) is 6.35. The second-order valence-corrected chi connectivity index (χ2v) is 4.38. The molecule has 0 fully saturated rings. The lowest BCUT2D eigenvalue weighted by molar-refractivity contribution is 0.0757. The minimum atomic E-state index is -0.439. The molecule has 0 aromatic rings. The Balaban J connectivity index is 3.39. The third-order valence-electron chi connectivity index (χ3n) is 2.80. The number of aliphatic hydroxyl groups excluding tert-OH is 2. The van der Waals surface area contributed by atoms with Gasteiger partial charge in [-0.1, -0.05) is 25.8 Å². The molecule has 0 spiro atoms. The Kier molecular flexibility index (Phi) is 10.9. The number of hydrogen-bond donors (Lipinski definition) is 3. The van der Waals surface area contributed by atoms with Crippen LogP contribution < -0.4 is 5.32 Å². The van der Waals surface area contributed by atoms with Gasteiger partial charge in [0.1, 0.15) is 6.23 Å². The first kappa shape index (κ1) is 15.6. The summed E-state index contributed by atoms with van der Waals surface area (Å²) in [5, 5.41) is 21.4. The van der Waals surface area contributed by atoms with Crippen molar-refractivity contribution in [2.45, 2.75) is 51.7 Å². The molecule has 0 aromatic heterocycles. The molecule has 2 unspecified atom stereocenters. The highest BCUT2D eigenvalue weighted by Gasteiger charge is 2.12. The summed E-state index contributed by atoms with van der Waals surface area (Å²) in [7, 11) is 0. The minimum absolute atomic E-state index is 0.176. The summed E-state index contributed by atoms with van der Waals surface area (Å²) < 4.78 is 0. The van der Waals surface area contributed by atoms with Crippen molar-refractivity contribution >= 4 is 0 Å². The Bertz CT molecular complexity index is 162. The van der Waals surface area contributed by atoms with E-state index in [1.54, 1.807) is 0 Å². The van der Waals surface area contributed by atoms with Gasteiger partial charge in [-0.15, -0.1) is 6.58 Å². The first-order chi connectivity index (χ1) is 7.72. The quantitative estimate of drug-likeness (QED) is 0.289. The molecule has 96 valence electrons. The van der Waals surface area contributed by atoms with E-state index in [1.165, 1.54) is 12.8 Å². The maximum atomic E-state index is 9.74. The number of hydrogen-bond acceptors (Lipinski definition) is 3. The second kappa shape index (κ2) is 11.1. The molecule has 0 aliphatic heterocycles. The molecular formula is C13H27NO2. The molecule has 0 saturated carbocycles. The lowest BCUT2D eigenvalue weighted by Gasteiger charge is -2.19. The standard InChI is InChI=1S/C13H27NO2/c1-3-4-5-6-7-9-12(2)13(16)14-10-8-11-15/h3,12-16H,1,4-11H2,2H3. The van der Waals surface area contributed by atoms with E-state index < -0.39 is 6.23 Å². The number of nitrogens with one attached hydrogen (secondary N) is 1. The van der Waals surface area contributed by atoms with Crippen molar-refractivity contribution in [3.63, 3.8) is 0 Å². The molecule has 0 amide bonds. The lowest BCUT2D eigenvalue weighted by atomic mass is 10.0. The van der Waals surface area contributed by atoms with Gasteiger partial charge in [0, 0.05) is 6.61 Å². The summed E-state index contributed by atoms with van der Waals surface area (Å²) in [6.07, 6.45) is 7.91. The fraction of sp³-hybridized carbons (Fsp3) is 0.846. The zero-order valence-electron chi connectivity index (χ0n) is 10.5. The number of unbranched alkanes of at least 4 members (excludes halogenated alkanes) is 3. The molecule has 0 rings (SSSR count). The lowest BCUT2D eigenvalue weighted by Crippen LogP contribution is -2.35. The van der Waals surface area contributed by atoms with E-state index in [-0.39, 0.29) is 12.5 Å². The Hall–Kier alpha value is -0.380. The third kappa shape index (κ3) is 8.89. The summed E-state index contributed by atoms with van der Waals surface area (Å²) in [6, 6.07) is 0. The molecule has 16 heavy (non-hydrogen) atoms. The molecule has 2 atom stereocenters. The molecular weight excluding hydrogens is 202 g/mol. The average molecular weight is 229 g/mol. The maximum Gasteiger partial charge on any atom is 0.107 e. The number of rotatable bonds is 11. The monoisotopic (exact) mass is 229 g/mol. The van der Waals surface area contributed by atoms with E-state index in [0.717, 1.165) is 19.3 Å². The molecule has 0 saturated heterocycles. The predicted molar refractivity (Wildman–Crippen MR) is 68.2 cm³/mol. The largest absolute Gasteiger partial charge is 0.396 e. The van der Waals surface area contributed by atoms with Crippen LogP contribution in [0.1, 0.15) is 45.4 Å². The summed E-state index contributed by atoms with van der Waals surface area (Å²) in [5.74, 6) is 0.280. The fourth-order valence-corrected chi connectivity index (χ4v) is 1.62. The Morgan fingerprint density at radius 1 is 1.25 bits per heavy atom. The topological polar surface area (TPSA) is 52.5 Å². The van der Waals surface area contributed by atoms with Crippen molar-refractivity contribution < 1.29 is 10.2 Å². The highest BCUT2D eigenvalue weighted by molar-refractivity contribution is 4.67. The smallest absolute Gasteiger partial charge is 0.107 e. The Morgan fingerprint density at radius 2 is 2.00 bits per heavy atom. The van der Waals surface area contributed by atoms with Crippen LogP contribution in [0.4, 0.5) is 0 Å². The van der Waals surface area contributed by atoms with Crippen LogP contribution in [0, 0.1) is 5.92 Å². The van der Waals surface area contributed by atoms with Gasteiger partial charge >= 0.3 is 0 Å². The molecule has 0 heterocycles. The summed E-state index contributed by atoms with van der Waals surface area (Å²) in [4.78, 5) is 0. The molecule has 0 radical (unpaired) electrons. The van der Waals surface area contributed by atoms with Gasteiger partial charge < -0.3 is 10.2 Å². The molecule has 3 heteroatoms. The highest BCUT2D eigenvalue weighted by atomic mass is 16.3. The van der Waals surface area contributed by atoms with E-state index in [2.05, 4.69) is 18.8 Å². The van der Waals surface area contributed by atoms with Gasteiger partial charge in [-0.25, -0.2) is 0 Å². The fourth-order valence-electron chi connectivity index (χ4n) is 1.62. The van der Waals surface area contributed by atoms with Gasteiger partial charge in [-0.2, -0.15) is 0 Å². The Labute approximate surface area is 99.6 Å². The van der Waals surface area contributed by atoms with E-state index in [9.17, 15) is 5.11 Å². The molecule has 0 bridgehead atoms. The van der Waals surface area contributed by atoms with Crippen molar-refractivity contribution in [2.24, 2.45) is 5.92 Å². The van der Waals surface area contributed by atoms with E-state index >= 15 is 0 Å². The second-order valence-electron chi connectivity index (χ2n) is 4.38. The van der Waals surface area contributed by atoms with Gasteiger partial charge in [0.25, 0.3) is 0 Å². The van der Waals surface area contributed by atoms with E-state index in [0.29, 0.717) is 13.0 Å². The van der Waals surface area contributed by atoms with E-state index in [1.807, 2.05) is 6.08 Å². The van der Waals surface area contributed by atoms with Gasteiger partial charge in [0.2, 0.25) is 0 Å². The van der Waals surface area contributed by atoms with Crippen molar-refractivity contribution in [1.82, 2.24) is 5.32 Å². The predicted octanol–water partition coefficient (Wildman–Crippen LogP) is 2.05. The maximum absolute atomic E-state index is 9.74. The molecule has 0 aliphatic rings. The van der Waals surface area contributed by atoms with Crippen LogP contribution in [0.25, 0.3) is 0 Å². The van der Waals surface area contributed by atoms with Crippen LogP contribution >= 0.6 is 0 Å². The minimum Gasteiger partial charge on any atom is -0.396 e. The van der Waals surface area contributed by atoms with Crippen molar-refractivity contribution in [2.75, 3.05) is 13.2 Å². The van der Waals surface area contributed by atoms with Gasteiger partial charge in [0.05, 0.1) is 0 Å². The van der Waals surface area contributed by atoms with Crippen molar-refractivity contribution in [3.05, 3.63) is 12.7 Å². The summed E-state index contributed by atoms with van der Waals surface area (Å²) in [5.41, 5.74) is 0. The van der Waals surface area contributed by atoms with Gasteiger partial charge in [-0.05, 0) is 38.1 Å². The third-order valence-corrected chi connectivity index (χ3v) is 2.80. The van der Waals surface area contributed by atoms with Gasteiger partial charge in [0.15, 0.2) is 0 Å². The summed E-state index contributed by atoms with van der Waals surface area (Å²) >= 11 is 0. The van der Waals surface area contributed by atoms with Crippen LogP contribution in [0.3, 0.4) is 0 Å². The molecule has 0 aliphatic carbocycles. The average Bonchev–Trinajstić information content (AvgIpc) is 2.28. The normalized spacial score (nSPS) is 14.7. The van der Waals surface area contributed by atoms with Crippen LogP contribution in [0.2, 0.25) is 0 Å². The van der Waals surface area contributed by atoms with Crippen LogP contribution in [-0.2, 0) is 0 Å². The van der Waals surface area contributed by atoms with Crippen molar-refractivity contribution in [1.29, 1.82) is 0 Å². The summed E-state index contributed by atoms with van der Waals surface area (Å²) in [6.45, 7) is 6.61. The van der Waals surface area contributed by atoms with Crippen molar-refractivity contribution in [3.8, 4) is 0 Å². The first-order valence-corrected chi connectivity index (χ1v) is 6.35.